The van der Waals surface area contributed by atoms with E-state index in [2.05, 4.69) is 20.8 Å². The van der Waals surface area contributed by atoms with Crippen LogP contribution >= 0.6 is 15.9 Å². The molecule has 2 N–H and O–H groups in total. The van der Waals surface area contributed by atoms with Gasteiger partial charge in [-0.1, -0.05) is 28.1 Å². The lowest BCUT2D eigenvalue weighted by molar-refractivity contribution is 0.171. The van der Waals surface area contributed by atoms with E-state index in [1.54, 1.807) is 0 Å². The maximum absolute atomic E-state index is 12.9. The van der Waals surface area contributed by atoms with Crippen molar-refractivity contribution in [1.29, 1.82) is 0 Å². The maximum atomic E-state index is 12.9. The van der Waals surface area contributed by atoms with E-state index in [9.17, 15) is 15.0 Å². The van der Waals surface area contributed by atoms with E-state index >= 15 is 0 Å². The molecule has 6 nitrogen and oxygen atoms in total. The zero-order valence-corrected chi connectivity index (χ0v) is 17.8. The van der Waals surface area contributed by atoms with Crippen molar-refractivity contribution in [3.63, 3.8) is 0 Å². The largest absolute Gasteiger partial charge is 0.507 e. The van der Waals surface area contributed by atoms with E-state index in [4.69, 9.17) is 9.15 Å². The fourth-order valence-corrected chi connectivity index (χ4v) is 4.46. The van der Waals surface area contributed by atoms with Crippen LogP contribution < -0.4 is 10.2 Å². The number of halogens is 1. The summed E-state index contributed by atoms with van der Waals surface area (Å²) >= 11 is 3.41. The first-order valence-electron chi connectivity index (χ1n) is 9.39. The Morgan fingerprint density at radius 1 is 1.28 bits per heavy atom. The van der Waals surface area contributed by atoms with Crippen LogP contribution in [0.2, 0.25) is 0 Å². The van der Waals surface area contributed by atoms with Crippen LogP contribution in [0.4, 0.5) is 0 Å². The lowest BCUT2D eigenvalue weighted by Crippen LogP contribution is -2.32. The minimum atomic E-state index is -0.322. The normalized spacial score (nSPS) is 19.7. The average molecular weight is 460 g/mol. The van der Waals surface area contributed by atoms with Crippen molar-refractivity contribution < 1.29 is 19.4 Å². The Kier molecular flexibility index (Phi) is 5.38. The third kappa shape index (κ3) is 3.43. The number of hydrogen-bond donors (Lipinski definition) is 2. The van der Waals surface area contributed by atoms with Gasteiger partial charge in [0.05, 0.1) is 13.7 Å². The van der Waals surface area contributed by atoms with Crippen LogP contribution in [0, 0.1) is 0 Å². The van der Waals surface area contributed by atoms with Gasteiger partial charge in [0.2, 0.25) is 0 Å². The highest BCUT2D eigenvalue weighted by molar-refractivity contribution is 9.10. The van der Waals surface area contributed by atoms with E-state index in [-0.39, 0.29) is 35.1 Å². The standard InChI is InChI=1S/C22H22BrNO5/c1-24-8-7-14(15(24)11-25)20-19(28-2)10-17(27)21-16(26)9-18(29-22(20)21)12-3-5-13(23)6-4-12/h3-6,9-10,14-15,25,27H,7-8,11H2,1-2H3/t14-,15+/m1/s1. The van der Waals surface area contributed by atoms with Gasteiger partial charge in [0.15, 0.2) is 5.43 Å². The number of aliphatic hydroxyl groups is 1. The fraction of sp³-hybridized carbons (Fsp3) is 0.318. The number of rotatable bonds is 4. The van der Waals surface area contributed by atoms with Crippen molar-refractivity contribution in [3.05, 3.63) is 56.7 Å². The summed E-state index contributed by atoms with van der Waals surface area (Å²) in [6, 6.07) is 10.2. The van der Waals surface area contributed by atoms with E-state index < -0.39 is 0 Å². The number of ether oxygens (including phenoxy) is 1. The van der Waals surface area contributed by atoms with E-state index in [0.29, 0.717) is 22.7 Å². The van der Waals surface area contributed by atoms with Crippen molar-refractivity contribution in [3.8, 4) is 22.8 Å². The molecule has 1 aromatic heterocycles. The van der Waals surface area contributed by atoms with Crippen LogP contribution in [0.1, 0.15) is 17.9 Å². The molecule has 1 fully saturated rings. The molecule has 1 saturated heterocycles. The molecule has 0 aliphatic carbocycles. The molecule has 1 aliphatic heterocycles. The average Bonchev–Trinajstić information content (AvgIpc) is 3.07. The first kappa shape index (κ1) is 19.9. The van der Waals surface area contributed by atoms with Gasteiger partial charge in [-0.2, -0.15) is 0 Å². The Labute approximate surface area is 176 Å². The van der Waals surface area contributed by atoms with Crippen LogP contribution in [0.15, 0.2) is 50.1 Å². The Balaban J connectivity index is 2.01. The summed E-state index contributed by atoms with van der Waals surface area (Å²) in [6.07, 6.45) is 0.782. The first-order chi connectivity index (χ1) is 13.9. The van der Waals surface area contributed by atoms with Gasteiger partial charge in [0, 0.05) is 39.7 Å². The smallest absolute Gasteiger partial charge is 0.197 e. The monoisotopic (exact) mass is 459 g/mol. The molecule has 3 aromatic rings. The highest BCUT2D eigenvalue weighted by Crippen LogP contribution is 2.44. The van der Waals surface area contributed by atoms with E-state index in [1.807, 2.05) is 31.3 Å². The maximum Gasteiger partial charge on any atom is 0.197 e. The van der Waals surface area contributed by atoms with Gasteiger partial charge in [-0.05, 0) is 32.1 Å². The highest BCUT2D eigenvalue weighted by Gasteiger charge is 2.37. The molecule has 7 heteroatoms. The van der Waals surface area contributed by atoms with Gasteiger partial charge in [0.25, 0.3) is 0 Å². The number of likely N-dealkylation sites (N-methyl/N-ethyl adjacent to an activating group) is 1. The summed E-state index contributed by atoms with van der Waals surface area (Å²) in [5.41, 5.74) is 1.45. The van der Waals surface area contributed by atoms with Gasteiger partial charge < -0.3 is 24.3 Å². The van der Waals surface area contributed by atoms with E-state index in [1.165, 1.54) is 19.2 Å². The lowest BCUT2D eigenvalue weighted by atomic mass is 9.89. The number of benzene rings is 2. The molecule has 152 valence electrons. The summed E-state index contributed by atoms with van der Waals surface area (Å²) in [6.45, 7) is 0.779. The molecule has 29 heavy (non-hydrogen) atoms. The van der Waals surface area contributed by atoms with Crippen LogP contribution in [-0.4, -0.2) is 48.5 Å². The zero-order valence-electron chi connectivity index (χ0n) is 16.2. The van der Waals surface area contributed by atoms with Crippen LogP contribution in [-0.2, 0) is 0 Å². The zero-order chi connectivity index (χ0) is 20.7. The fourth-order valence-electron chi connectivity index (χ4n) is 4.20. The first-order valence-corrected chi connectivity index (χ1v) is 10.2. The lowest BCUT2D eigenvalue weighted by Gasteiger charge is -2.25. The van der Waals surface area contributed by atoms with E-state index in [0.717, 1.165) is 23.0 Å². The van der Waals surface area contributed by atoms with Crippen molar-refractivity contribution in [2.24, 2.45) is 0 Å². The third-order valence-electron chi connectivity index (χ3n) is 5.71. The Hall–Kier alpha value is -2.35. The molecule has 0 radical (unpaired) electrons. The summed E-state index contributed by atoms with van der Waals surface area (Å²) in [5.74, 6) is 0.593. The summed E-state index contributed by atoms with van der Waals surface area (Å²) in [4.78, 5) is 15.0. The molecule has 0 bridgehead atoms. The molecule has 2 atom stereocenters. The topological polar surface area (TPSA) is 83.1 Å². The second-order valence-corrected chi connectivity index (χ2v) is 8.24. The van der Waals surface area contributed by atoms with Gasteiger partial charge in [0.1, 0.15) is 28.2 Å². The highest BCUT2D eigenvalue weighted by atomic mass is 79.9. The number of fused-ring (bicyclic) bond motifs is 1. The molecule has 1 aliphatic rings. The second-order valence-electron chi connectivity index (χ2n) is 7.32. The summed E-state index contributed by atoms with van der Waals surface area (Å²) in [7, 11) is 3.48. The molecular weight excluding hydrogens is 438 g/mol. The van der Waals surface area contributed by atoms with Crippen molar-refractivity contribution in [2.45, 2.75) is 18.4 Å². The van der Waals surface area contributed by atoms with Crippen LogP contribution in [0.5, 0.6) is 11.5 Å². The Morgan fingerprint density at radius 2 is 2.00 bits per heavy atom. The number of hydrogen-bond acceptors (Lipinski definition) is 6. The molecule has 4 rings (SSSR count). The summed E-state index contributed by atoms with van der Waals surface area (Å²) in [5, 5.41) is 20.6. The predicted octanol–water partition coefficient (Wildman–Crippen LogP) is 3.72. The second kappa shape index (κ2) is 7.82. The number of likely N-dealkylation sites (tertiary alicyclic amines) is 1. The van der Waals surface area contributed by atoms with Gasteiger partial charge in [-0.15, -0.1) is 0 Å². The number of phenols is 1. The molecule has 0 saturated carbocycles. The molecule has 2 aromatic carbocycles. The van der Waals surface area contributed by atoms with Crippen LogP contribution in [0.3, 0.4) is 0 Å². The third-order valence-corrected chi connectivity index (χ3v) is 6.24. The Bertz CT molecular complexity index is 1110. The van der Waals surface area contributed by atoms with Gasteiger partial charge in [-0.3, -0.25) is 4.79 Å². The molecule has 0 spiro atoms. The molecular formula is C22H22BrNO5. The number of aromatic hydroxyl groups is 1. The number of phenolic OH excluding ortho intramolecular Hbond substituents is 1. The number of nitrogens with zero attached hydrogens (tertiary/aromatic N) is 1. The van der Waals surface area contributed by atoms with Crippen LogP contribution in [0.25, 0.3) is 22.3 Å². The molecule has 2 heterocycles. The Morgan fingerprint density at radius 3 is 2.66 bits per heavy atom. The SMILES string of the molecule is COc1cc(O)c2c(=O)cc(-c3ccc(Br)cc3)oc2c1[C@@H]1CCN(C)[C@H]1CO. The predicted molar refractivity (Wildman–Crippen MR) is 115 cm³/mol. The molecule has 0 unspecified atom stereocenters. The minimum Gasteiger partial charge on any atom is -0.507 e. The van der Waals surface area contributed by atoms with Crippen molar-refractivity contribution in [2.75, 3.05) is 27.3 Å². The van der Waals surface area contributed by atoms with Crippen molar-refractivity contribution >= 4 is 26.9 Å². The van der Waals surface area contributed by atoms with Gasteiger partial charge in [-0.25, -0.2) is 0 Å². The molecule has 0 amide bonds. The van der Waals surface area contributed by atoms with Crippen molar-refractivity contribution in [1.82, 2.24) is 4.90 Å². The minimum absolute atomic E-state index is 0.0245. The number of methoxy groups -OCH3 is 1. The van der Waals surface area contributed by atoms with Gasteiger partial charge >= 0.3 is 0 Å². The number of aliphatic hydroxyl groups excluding tert-OH is 1. The summed E-state index contributed by atoms with van der Waals surface area (Å²) < 4.78 is 12.7. The quantitative estimate of drug-likeness (QED) is 0.618.